The van der Waals surface area contributed by atoms with Crippen LogP contribution < -0.4 is 10.1 Å². The van der Waals surface area contributed by atoms with Crippen molar-refractivity contribution >= 4 is 0 Å². The first-order valence-electron chi connectivity index (χ1n) is 5.14. The fourth-order valence-electron chi connectivity index (χ4n) is 1.17. The molecule has 3 nitrogen and oxygen atoms in total. The molecule has 0 spiro atoms. The van der Waals surface area contributed by atoms with Gasteiger partial charge in [0, 0.05) is 6.54 Å². The molecular formula is C11H14F3NO2. The highest BCUT2D eigenvalue weighted by Gasteiger charge is 2.08. The van der Waals surface area contributed by atoms with Gasteiger partial charge in [0.15, 0.2) is 11.6 Å². The highest BCUT2D eigenvalue weighted by Crippen LogP contribution is 2.15. The largest absolute Gasteiger partial charge is 0.488 e. The zero-order valence-corrected chi connectivity index (χ0v) is 9.07. The van der Waals surface area contributed by atoms with Crippen molar-refractivity contribution in [1.82, 2.24) is 5.32 Å². The lowest BCUT2D eigenvalue weighted by molar-refractivity contribution is 0.0935. The van der Waals surface area contributed by atoms with Gasteiger partial charge in [-0.25, -0.2) is 13.2 Å². The van der Waals surface area contributed by atoms with E-state index < -0.39 is 24.9 Å². The van der Waals surface area contributed by atoms with E-state index >= 15 is 0 Å². The number of rotatable bonds is 7. The number of halogens is 3. The van der Waals surface area contributed by atoms with Crippen molar-refractivity contribution in [2.24, 2.45) is 0 Å². The minimum absolute atomic E-state index is 0.0282. The van der Waals surface area contributed by atoms with Crippen LogP contribution in [0.1, 0.15) is 0 Å². The maximum Gasteiger partial charge on any atom is 0.250 e. The Kier molecular flexibility index (Phi) is 5.79. The number of aliphatic hydroxyl groups excluding tert-OH is 1. The van der Waals surface area contributed by atoms with Gasteiger partial charge in [-0.3, -0.25) is 0 Å². The summed E-state index contributed by atoms with van der Waals surface area (Å²) >= 11 is 0. The minimum Gasteiger partial charge on any atom is -0.488 e. The molecular weight excluding hydrogens is 235 g/mol. The summed E-state index contributed by atoms with van der Waals surface area (Å²) in [5.41, 5.74) is 0. The van der Waals surface area contributed by atoms with Crippen LogP contribution in [0, 0.1) is 5.82 Å². The molecule has 0 fully saturated rings. The zero-order valence-electron chi connectivity index (χ0n) is 9.07. The summed E-state index contributed by atoms with van der Waals surface area (Å²) in [4.78, 5) is 0. The van der Waals surface area contributed by atoms with Gasteiger partial charge in [-0.05, 0) is 12.1 Å². The summed E-state index contributed by atoms with van der Waals surface area (Å²) in [7, 11) is 0. The second-order valence-electron chi connectivity index (χ2n) is 3.44. The van der Waals surface area contributed by atoms with E-state index in [1.807, 2.05) is 0 Å². The maximum absolute atomic E-state index is 13.1. The van der Waals surface area contributed by atoms with E-state index in [0.29, 0.717) is 0 Å². The summed E-state index contributed by atoms with van der Waals surface area (Å²) in [6, 6.07) is 5.77. The van der Waals surface area contributed by atoms with E-state index in [2.05, 4.69) is 5.32 Å². The third kappa shape index (κ3) is 5.55. The Labute approximate surface area is 97.2 Å². The number of benzene rings is 1. The normalized spacial score (nSPS) is 12.8. The lowest BCUT2D eigenvalue weighted by Gasteiger charge is -2.13. The van der Waals surface area contributed by atoms with Crippen LogP contribution in [0.3, 0.4) is 0 Å². The number of nitrogens with one attached hydrogen (secondary N) is 1. The molecule has 0 saturated heterocycles. The van der Waals surface area contributed by atoms with Crippen molar-refractivity contribution in [2.45, 2.75) is 12.5 Å². The summed E-state index contributed by atoms with van der Waals surface area (Å²) in [6.07, 6.45) is -3.43. The number of alkyl halides is 2. The first-order valence-corrected chi connectivity index (χ1v) is 5.14. The van der Waals surface area contributed by atoms with Crippen molar-refractivity contribution in [1.29, 1.82) is 0 Å². The van der Waals surface area contributed by atoms with Gasteiger partial charge in [-0.15, -0.1) is 0 Å². The van der Waals surface area contributed by atoms with E-state index in [1.54, 1.807) is 6.07 Å². The van der Waals surface area contributed by atoms with Crippen molar-refractivity contribution in [2.75, 3.05) is 19.7 Å². The van der Waals surface area contributed by atoms with Crippen LogP contribution in [0.2, 0.25) is 0 Å². The van der Waals surface area contributed by atoms with Crippen molar-refractivity contribution < 1.29 is 23.0 Å². The summed E-state index contributed by atoms with van der Waals surface area (Å²) in [6.45, 7) is -0.674. The van der Waals surface area contributed by atoms with Gasteiger partial charge in [0.1, 0.15) is 12.7 Å². The van der Waals surface area contributed by atoms with E-state index in [4.69, 9.17) is 4.74 Å². The Morgan fingerprint density at radius 1 is 1.24 bits per heavy atom. The van der Waals surface area contributed by atoms with Gasteiger partial charge in [-0.2, -0.15) is 0 Å². The molecule has 0 heterocycles. The van der Waals surface area contributed by atoms with Gasteiger partial charge in [-0.1, -0.05) is 12.1 Å². The van der Waals surface area contributed by atoms with Gasteiger partial charge in [0.05, 0.1) is 6.54 Å². The molecule has 0 amide bonds. The lowest BCUT2D eigenvalue weighted by Crippen LogP contribution is -2.34. The molecule has 1 aromatic rings. The van der Waals surface area contributed by atoms with Crippen LogP contribution in [0.4, 0.5) is 13.2 Å². The topological polar surface area (TPSA) is 41.5 Å². The van der Waals surface area contributed by atoms with Crippen LogP contribution >= 0.6 is 0 Å². The predicted octanol–water partition coefficient (Wildman–Crippen LogP) is 1.42. The van der Waals surface area contributed by atoms with Crippen molar-refractivity contribution in [3.63, 3.8) is 0 Å². The summed E-state index contributed by atoms with van der Waals surface area (Å²) in [5.74, 6) is -0.499. The molecule has 1 aromatic carbocycles. The number of hydrogen-bond acceptors (Lipinski definition) is 3. The first kappa shape index (κ1) is 13.8. The fourth-order valence-corrected chi connectivity index (χ4v) is 1.17. The predicted molar refractivity (Wildman–Crippen MR) is 56.8 cm³/mol. The SMILES string of the molecule is OC(CNCC(F)F)COc1ccccc1F. The molecule has 96 valence electrons. The number of para-hydroxylation sites is 1. The molecule has 17 heavy (non-hydrogen) atoms. The quantitative estimate of drug-likeness (QED) is 0.768. The minimum atomic E-state index is -2.46. The van der Waals surface area contributed by atoms with Gasteiger partial charge < -0.3 is 15.2 Å². The van der Waals surface area contributed by atoms with Crippen molar-refractivity contribution in [3.8, 4) is 5.75 Å². The average molecular weight is 249 g/mol. The van der Waals surface area contributed by atoms with Crippen molar-refractivity contribution in [3.05, 3.63) is 30.1 Å². The van der Waals surface area contributed by atoms with Gasteiger partial charge in [0.25, 0.3) is 6.43 Å². The Morgan fingerprint density at radius 2 is 1.94 bits per heavy atom. The molecule has 1 rings (SSSR count). The third-order valence-electron chi connectivity index (χ3n) is 1.95. The van der Waals surface area contributed by atoms with Gasteiger partial charge in [0.2, 0.25) is 0 Å². The molecule has 0 aromatic heterocycles. The van der Waals surface area contributed by atoms with E-state index in [0.717, 1.165) is 0 Å². The molecule has 1 atom stereocenters. The first-order chi connectivity index (χ1) is 8.09. The second kappa shape index (κ2) is 7.13. The highest BCUT2D eigenvalue weighted by atomic mass is 19.3. The molecule has 0 bridgehead atoms. The van der Waals surface area contributed by atoms with Crippen LogP contribution in [0.25, 0.3) is 0 Å². The standard InChI is InChI=1S/C11H14F3NO2/c12-9-3-1-2-4-10(9)17-7-8(16)5-15-6-11(13)14/h1-4,8,11,15-16H,5-7H2. The lowest BCUT2D eigenvalue weighted by atomic mass is 10.3. The summed E-state index contributed by atoms with van der Waals surface area (Å²) < 4.78 is 41.6. The molecule has 0 aliphatic carbocycles. The highest BCUT2D eigenvalue weighted by molar-refractivity contribution is 5.23. The second-order valence-corrected chi connectivity index (χ2v) is 3.44. The molecule has 0 aliphatic rings. The smallest absolute Gasteiger partial charge is 0.250 e. The van der Waals surface area contributed by atoms with E-state index in [9.17, 15) is 18.3 Å². The van der Waals surface area contributed by atoms with Crippen LogP contribution in [-0.4, -0.2) is 37.3 Å². The molecule has 0 aliphatic heterocycles. The van der Waals surface area contributed by atoms with Crippen LogP contribution in [-0.2, 0) is 0 Å². The zero-order chi connectivity index (χ0) is 12.7. The van der Waals surface area contributed by atoms with E-state index in [1.165, 1.54) is 18.2 Å². The Hall–Kier alpha value is -1.27. The molecule has 0 saturated carbocycles. The fraction of sp³-hybridized carbons (Fsp3) is 0.455. The Bertz CT molecular complexity index is 336. The van der Waals surface area contributed by atoms with Gasteiger partial charge >= 0.3 is 0 Å². The van der Waals surface area contributed by atoms with E-state index in [-0.39, 0.29) is 18.9 Å². The Balaban J connectivity index is 2.24. The van der Waals surface area contributed by atoms with Crippen LogP contribution in [0.15, 0.2) is 24.3 Å². The third-order valence-corrected chi connectivity index (χ3v) is 1.95. The maximum atomic E-state index is 13.1. The number of ether oxygens (including phenoxy) is 1. The molecule has 0 radical (unpaired) electrons. The molecule has 6 heteroatoms. The Morgan fingerprint density at radius 3 is 2.59 bits per heavy atom. The summed E-state index contributed by atoms with van der Waals surface area (Å²) in [5, 5.41) is 11.7. The molecule has 1 unspecified atom stereocenters. The molecule has 2 N–H and O–H groups in total. The number of hydrogen-bond donors (Lipinski definition) is 2. The van der Waals surface area contributed by atoms with Crippen LogP contribution in [0.5, 0.6) is 5.75 Å². The average Bonchev–Trinajstić information content (AvgIpc) is 2.27. The number of aliphatic hydroxyl groups is 1. The monoisotopic (exact) mass is 249 g/mol.